The van der Waals surface area contributed by atoms with E-state index in [1.807, 2.05) is 13.8 Å². The second kappa shape index (κ2) is 12.9. The van der Waals surface area contributed by atoms with Gasteiger partial charge in [0.15, 0.2) is 22.0 Å². The van der Waals surface area contributed by atoms with E-state index in [4.69, 9.17) is 48.6 Å². The summed E-state index contributed by atoms with van der Waals surface area (Å²) in [6, 6.07) is 7.75. The number of benzene rings is 2. The number of allylic oxidation sites excluding steroid dienone is 1. The summed E-state index contributed by atoms with van der Waals surface area (Å²) in [5, 5.41) is 0.502. The number of methoxy groups -OCH3 is 1. The van der Waals surface area contributed by atoms with Crippen LogP contribution >= 0.6 is 34.5 Å². The van der Waals surface area contributed by atoms with Crippen molar-refractivity contribution in [3.8, 4) is 29.6 Å². The Kier molecular flexibility index (Phi) is 9.49. The lowest BCUT2D eigenvalue weighted by Crippen LogP contribution is -2.40. The quantitative estimate of drug-likeness (QED) is 0.251. The van der Waals surface area contributed by atoms with Gasteiger partial charge in [0.1, 0.15) is 6.61 Å². The molecule has 0 amide bonds. The topological polar surface area (TPSA) is 88.3 Å². The molecule has 0 bridgehead atoms. The van der Waals surface area contributed by atoms with Crippen LogP contribution in [0.3, 0.4) is 0 Å². The molecule has 2 heterocycles. The molecule has 4 rings (SSSR count). The molecule has 0 radical (unpaired) electrons. The molecule has 0 saturated heterocycles. The molecule has 214 valence electrons. The Morgan fingerprint density at radius 2 is 1.93 bits per heavy atom. The number of thiazole rings is 1. The highest BCUT2D eigenvalue weighted by molar-refractivity contribution is 7.07. The summed E-state index contributed by atoms with van der Waals surface area (Å²) in [7, 11) is 1.53. The lowest BCUT2D eigenvalue weighted by atomic mass is 9.95. The fourth-order valence-electron chi connectivity index (χ4n) is 4.38. The van der Waals surface area contributed by atoms with Crippen LogP contribution in [-0.4, -0.2) is 37.0 Å². The third kappa shape index (κ3) is 6.30. The molecule has 1 aromatic heterocycles. The van der Waals surface area contributed by atoms with Crippen molar-refractivity contribution >= 4 is 46.6 Å². The Labute approximate surface area is 251 Å². The summed E-state index contributed by atoms with van der Waals surface area (Å²) in [5.74, 6) is 3.08. The lowest BCUT2D eigenvalue weighted by molar-refractivity contribution is -0.139. The van der Waals surface area contributed by atoms with Gasteiger partial charge in [-0.1, -0.05) is 46.5 Å². The number of halogens is 2. The standard InChI is InChI=1S/C30H28Cl2N2O6S/c1-7-11-39-27-20(31)12-18(13-21(27)32)14-24-28(35)34-26(19-9-10-22(40-16(3)4)23(15-19)37-6)25(29(36)38-8-2)17(5)33-30(34)41-24/h1,9-10,12-16,26H,8,11H2,2-6H3/b24-14-/t26-/m0/s1. The predicted molar refractivity (Wildman–Crippen MR) is 160 cm³/mol. The van der Waals surface area contributed by atoms with E-state index in [0.717, 1.165) is 0 Å². The SMILES string of the molecule is C#CCOc1c(Cl)cc(/C=c2\sc3n(c2=O)[C@@H](c2ccc(OC(C)C)c(OC)c2)C(C(=O)OCC)=C(C)N=3)cc1Cl. The van der Waals surface area contributed by atoms with Crippen molar-refractivity contribution in [1.82, 2.24) is 4.57 Å². The number of carbonyl (C=O) groups is 1. The van der Waals surface area contributed by atoms with E-state index in [2.05, 4.69) is 10.9 Å². The second-order valence-electron chi connectivity index (χ2n) is 9.19. The molecule has 41 heavy (non-hydrogen) atoms. The van der Waals surface area contributed by atoms with Crippen molar-refractivity contribution in [3.63, 3.8) is 0 Å². The highest BCUT2D eigenvalue weighted by Gasteiger charge is 2.34. The first-order chi connectivity index (χ1) is 19.6. The van der Waals surface area contributed by atoms with Gasteiger partial charge in [-0.3, -0.25) is 9.36 Å². The fourth-order valence-corrected chi connectivity index (χ4v) is 6.04. The van der Waals surface area contributed by atoms with E-state index < -0.39 is 12.0 Å². The van der Waals surface area contributed by atoms with Crippen LogP contribution < -0.4 is 29.1 Å². The number of carbonyl (C=O) groups excluding carboxylic acids is 1. The molecular formula is C30H28Cl2N2O6S. The first-order valence-electron chi connectivity index (χ1n) is 12.7. The normalized spacial score (nSPS) is 14.8. The third-order valence-electron chi connectivity index (χ3n) is 6.00. The zero-order chi connectivity index (χ0) is 29.8. The Morgan fingerprint density at radius 3 is 2.54 bits per heavy atom. The van der Waals surface area contributed by atoms with Gasteiger partial charge in [0.05, 0.1) is 51.7 Å². The third-order valence-corrected chi connectivity index (χ3v) is 7.55. The highest BCUT2D eigenvalue weighted by Crippen LogP contribution is 2.37. The minimum absolute atomic E-state index is 0.00883. The van der Waals surface area contributed by atoms with E-state index in [1.54, 1.807) is 50.3 Å². The minimum Gasteiger partial charge on any atom is -0.493 e. The Hall–Kier alpha value is -3.71. The van der Waals surface area contributed by atoms with Gasteiger partial charge in [0.2, 0.25) is 0 Å². The summed E-state index contributed by atoms with van der Waals surface area (Å²) < 4.78 is 24.1. The van der Waals surface area contributed by atoms with Gasteiger partial charge in [-0.2, -0.15) is 0 Å². The van der Waals surface area contributed by atoms with E-state index in [-0.39, 0.29) is 46.2 Å². The number of rotatable bonds is 9. The summed E-state index contributed by atoms with van der Waals surface area (Å²) in [6.07, 6.45) is 6.85. The average Bonchev–Trinajstić information content (AvgIpc) is 3.21. The number of nitrogens with zero attached hydrogens (tertiary/aromatic N) is 2. The molecule has 11 heteroatoms. The number of fused-ring (bicyclic) bond motifs is 1. The molecule has 1 aliphatic rings. The summed E-state index contributed by atoms with van der Waals surface area (Å²) in [4.78, 5) is 32.1. The number of ether oxygens (including phenoxy) is 4. The number of hydrogen-bond acceptors (Lipinski definition) is 8. The van der Waals surface area contributed by atoms with E-state index in [9.17, 15) is 9.59 Å². The van der Waals surface area contributed by atoms with Crippen LogP contribution in [0.2, 0.25) is 10.0 Å². The molecule has 0 N–H and O–H groups in total. The first-order valence-corrected chi connectivity index (χ1v) is 14.3. The van der Waals surface area contributed by atoms with Gasteiger partial charge in [-0.15, -0.1) is 6.42 Å². The Balaban J connectivity index is 1.91. The first kappa shape index (κ1) is 30.3. The maximum atomic E-state index is 13.9. The number of esters is 1. The Bertz CT molecular complexity index is 1730. The molecule has 3 aromatic rings. The lowest BCUT2D eigenvalue weighted by Gasteiger charge is -2.25. The van der Waals surface area contributed by atoms with Gasteiger partial charge < -0.3 is 18.9 Å². The molecule has 1 atom stereocenters. The van der Waals surface area contributed by atoms with Crippen molar-refractivity contribution in [3.05, 3.63) is 82.5 Å². The summed E-state index contributed by atoms with van der Waals surface area (Å²) in [6.45, 7) is 7.44. The van der Waals surface area contributed by atoms with E-state index in [1.165, 1.54) is 23.0 Å². The van der Waals surface area contributed by atoms with Crippen LogP contribution in [-0.2, 0) is 9.53 Å². The summed E-state index contributed by atoms with van der Waals surface area (Å²) in [5.41, 5.74) is 1.56. The summed E-state index contributed by atoms with van der Waals surface area (Å²) >= 11 is 13.9. The molecule has 0 aliphatic carbocycles. The molecule has 2 aromatic carbocycles. The molecule has 0 spiro atoms. The van der Waals surface area contributed by atoms with Crippen LogP contribution in [0.25, 0.3) is 6.08 Å². The monoisotopic (exact) mass is 614 g/mol. The molecule has 8 nitrogen and oxygen atoms in total. The van der Waals surface area contributed by atoms with Crippen molar-refractivity contribution in [2.75, 3.05) is 20.3 Å². The number of terminal acetylenes is 1. The van der Waals surface area contributed by atoms with Crippen LogP contribution in [0.1, 0.15) is 44.9 Å². The van der Waals surface area contributed by atoms with Crippen molar-refractivity contribution in [2.24, 2.45) is 4.99 Å². The van der Waals surface area contributed by atoms with Crippen LogP contribution in [0, 0.1) is 12.3 Å². The largest absolute Gasteiger partial charge is 0.493 e. The second-order valence-corrected chi connectivity index (χ2v) is 11.0. The van der Waals surface area contributed by atoms with Gasteiger partial charge >= 0.3 is 5.97 Å². The maximum Gasteiger partial charge on any atom is 0.338 e. The predicted octanol–water partition coefficient (Wildman–Crippen LogP) is 4.91. The van der Waals surface area contributed by atoms with Gasteiger partial charge in [0, 0.05) is 0 Å². The van der Waals surface area contributed by atoms with Gasteiger partial charge in [-0.25, -0.2) is 9.79 Å². The van der Waals surface area contributed by atoms with Crippen LogP contribution in [0.15, 0.2) is 51.4 Å². The molecule has 1 aliphatic heterocycles. The van der Waals surface area contributed by atoms with E-state index in [0.29, 0.717) is 37.7 Å². The van der Waals surface area contributed by atoms with Gasteiger partial charge in [0.25, 0.3) is 5.56 Å². The smallest absolute Gasteiger partial charge is 0.338 e. The Morgan fingerprint density at radius 1 is 1.22 bits per heavy atom. The number of hydrogen-bond donors (Lipinski definition) is 0. The highest BCUT2D eigenvalue weighted by atomic mass is 35.5. The minimum atomic E-state index is -0.818. The van der Waals surface area contributed by atoms with E-state index >= 15 is 0 Å². The molecular weight excluding hydrogens is 587 g/mol. The zero-order valence-corrected chi connectivity index (χ0v) is 25.4. The van der Waals surface area contributed by atoms with Crippen molar-refractivity contribution in [1.29, 1.82) is 0 Å². The van der Waals surface area contributed by atoms with Crippen LogP contribution in [0.4, 0.5) is 0 Å². The van der Waals surface area contributed by atoms with Crippen molar-refractivity contribution < 1.29 is 23.7 Å². The molecule has 0 fully saturated rings. The number of aromatic nitrogens is 1. The maximum absolute atomic E-state index is 13.9. The zero-order valence-electron chi connectivity index (χ0n) is 23.1. The average molecular weight is 616 g/mol. The van der Waals surface area contributed by atoms with Gasteiger partial charge in [-0.05, 0) is 69.2 Å². The molecule has 0 saturated carbocycles. The molecule has 0 unspecified atom stereocenters. The van der Waals surface area contributed by atoms with Crippen LogP contribution in [0.5, 0.6) is 17.2 Å². The fraction of sp³-hybridized carbons (Fsp3) is 0.300. The van der Waals surface area contributed by atoms with Crippen molar-refractivity contribution in [2.45, 2.75) is 39.8 Å².